The number of nitrogens with zero attached hydrogens (tertiary/aromatic N) is 2. The summed E-state index contributed by atoms with van der Waals surface area (Å²) < 4.78 is 30.4. The van der Waals surface area contributed by atoms with Gasteiger partial charge in [0.2, 0.25) is 0 Å². The molecule has 0 aromatic carbocycles. The van der Waals surface area contributed by atoms with E-state index < -0.39 is 18.1 Å². The van der Waals surface area contributed by atoms with Crippen molar-refractivity contribution in [1.29, 1.82) is 5.26 Å². The summed E-state index contributed by atoms with van der Waals surface area (Å²) in [7, 11) is 0. The van der Waals surface area contributed by atoms with E-state index in [-0.39, 0.29) is 21.4 Å². The Hall–Kier alpha value is -1.30. The fourth-order valence-electron chi connectivity index (χ4n) is 1.15. The Morgan fingerprint density at radius 1 is 1.71 bits per heavy atom. The number of hydrogen-bond donors (Lipinski definition) is 0. The van der Waals surface area contributed by atoms with Crippen LogP contribution in [-0.2, 0) is 4.74 Å². The first kappa shape index (κ1) is 13.8. The van der Waals surface area contributed by atoms with Crippen LogP contribution in [0, 0.1) is 14.9 Å². The van der Waals surface area contributed by atoms with E-state index in [4.69, 9.17) is 5.26 Å². The molecule has 0 spiro atoms. The molecule has 1 rings (SSSR count). The largest absolute Gasteiger partial charge is 0.462 e. The van der Waals surface area contributed by atoms with Crippen LogP contribution in [0.2, 0.25) is 0 Å². The summed E-state index contributed by atoms with van der Waals surface area (Å²) in [5.74, 6) is -0.857. The van der Waals surface area contributed by atoms with Gasteiger partial charge >= 0.3 is 5.97 Å². The van der Waals surface area contributed by atoms with Gasteiger partial charge in [0.05, 0.1) is 6.61 Å². The van der Waals surface area contributed by atoms with Crippen molar-refractivity contribution in [2.45, 2.75) is 13.3 Å². The third-order valence-electron chi connectivity index (χ3n) is 1.80. The van der Waals surface area contributed by atoms with Crippen LogP contribution in [0.1, 0.15) is 35.1 Å². The molecular formula is C10H7F2IN2O2. The quantitative estimate of drug-likeness (QED) is 0.620. The van der Waals surface area contributed by atoms with Crippen molar-refractivity contribution < 1.29 is 18.3 Å². The van der Waals surface area contributed by atoms with Gasteiger partial charge in [-0.05, 0) is 35.6 Å². The number of esters is 1. The fraction of sp³-hybridized carbons (Fsp3) is 0.300. The summed E-state index contributed by atoms with van der Waals surface area (Å²) in [4.78, 5) is 14.9. The normalized spacial score (nSPS) is 10.1. The summed E-state index contributed by atoms with van der Waals surface area (Å²) in [5, 5.41) is 8.62. The number of rotatable bonds is 3. The second-order valence-electron chi connectivity index (χ2n) is 2.88. The van der Waals surface area contributed by atoms with Gasteiger partial charge < -0.3 is 4.74 Å². The number of alkyl halides is 2. The van der Waals surface area contributed by atoms with Crippen LogP contribution in [0.5, 0.6) is 0 Å². The minimum atomic E-state index is -2.93. The SMILES string of the molecule is CCOC(=O)c1c(I)cc(C#N)nc1C(F)F. The van der Waals surface area contributed by atoms with Crippen molar-refractivity contribution in [2.75, 3.05) is 6.61 Å². The molecule has 0 aliphatic heterocycles. The smallest absolute Gasteiger partial charge is 0.341 e. The number of ether oxygens (including phenoxy) is 1. The Balaban J connectivity index is 3.37. The molecule has 1 aromatic heterocycles. The van der Waals surface area contributed by atoms with Gasteiger partial charge in [0, 0.05) is 3.57 Å². The first-order valence-electron chi connectivity index (χ1n) is 4.57. The Morgan fingerprint density at radius 3 is 2.82 bits per heavy atom. The molecular weight excluding hydrogens is 345 g/mol. The Morgan fingerprint density at radius 2 is 2.35 bits per heavy atom. The first-order valence-corrected chi connectivity index (χ1v) is 5.65. The van der Waals surface area contributed by atoms with Crippen LogP contribution in [0.4, 0.5) is 8.78 Å². The van der Waals surface area contributed by atoms with Crippen molar-refractivity contribution in [1.82, 2.24) is 4.98 Å². The Kier molecular flexibility index (Phi) is 4.74. The highest BCUT2D eigenvalue weighted by Gasteiger charge is 2.25. The molecule has 0 atom stereocenters. The highest BCUT2D eigenvalue weighted by molar-refractivity contribution is 14.1. The van der Waals surface area contributed by atoms with E-state index in [1.807, 2.05) is 0 Å². The third kappa shape index (κ3) is 3.09. The Labute approximate surface area is 110 Å². The molecule has 0 unspecified atom stereocenters. The number of carbonyl (C=O) groups excluding carboxylic acids is 1. The lowest BCUT2D eigenvalue weighted by molar-refractivity contribution is 0.0512. The summed E-state index contributed by atoms with van der Waals surface area (Å²) in [6.45, 7) is 1.65. The number of pyridine rings is 1. The Bertz CT molecular complexity index is 486. The van der Waals surface area contributed by atoms with Crippen LogP contribution < -0.4 is 0 Å². The maximum absolute atomic E-state index is 12.7. The van der Waals surface area contributed by atoms with Gasteiger partial charge in [0.25, 0.3) is 6.43 Å². The zero-order valence-electron chi connectivity index (χ0n) is 8.71. The molecule has 90 valence electrons. The number of hydrogen-bond acceptors (Lipinski definition) is 4. The van der Waals surface area contributed by atoms with Gasteiger partial charge in [-0.3, -0.25) is 0 Å². The van der Waals surface area contributed by atoms with E-state index in [1.165, 1.54) is 6.07 Å². The molecule has 4 nitrogen and oxygen atoms in total. The maximum Gasteiger partial charge on any atom is 0.341 e. The molecule has 17 heavy (non-hydrogen) atoms. The van der Waals surface area contributed by atoms with Gasteiger partial charge in [-0.15, -0.1) is 0 Å². The standard InChI is InChI=1S/C10H7F2IN2O2/c1-2-17-10(16)7-6(13)3-5(4-14)15-8(7)9(11)12/h3,9H,2H2,1H3. The first-order chi connectivity index (χ1) is 8.01. The minimum Gasteiger partial charge on any atom is -0.462 e. The highest BCUT2D eigenvalue weighted by atomic mass is 127. The van der Waals surface area contributed by atoms with Gasteiger partial charge in [-0.1, -0.05) is 0 Å². The van der Waals surface area contributed by atoms with E-state index in [2.05, 4.69) is 9.72 Å². The monoisotopic (exact) mass is 352 g/mol. The van der Waals surface area contributed by atoms with E-state index in [0.29, 0.717) is 0 Å². The minimum absolute atomic E-state index is 0.0809. The summed E-state index contributed by atoms with van der Waals surface area (Å²) >= 11 is 1.70. The predicted octanol–water partition coefficient (Wildman–Crippen LogP) is 2.67. The molecule has 0 saturated carbocycles. The summed E-state index contributed by atoms with van der Waals surface area (Å²) in [6.07, 6.45) is -2.93. The van der Waals surface area contributed by atoms with E-state index in [0.717, 1.165) is 0 Å². The van der Waals surface area contributed by atoms with Gasteiger partial charge in [0.15, 0.2) is 0 Å². The molecule has 1 aromatic rings. The average molecular weight is 352 g/mol. The number of halogens is 3. The molecule has 0 amide bonds. The van der Waals surface area contributed by atoms with Crippen LogP contribution in [0.25, 0.3) is 0 Å². The molecule has 0 aliphatic carbocycles. The zero-order valence-corrected chi connectivity index (χ0v) is 10.9. The molecule has 0 aliphatic rings. The summed E-state index contributed by atoms with van der Waals surface area (Å²) in [5.41, 5.74) is -1.15. The van der Waals surface area contributed by atoms with E-state index in [9.17, 15) is 13.6 Å². The van der Waals surface area contributed by atoms with Crippen molar-refractivity contribution >= 4 is 28.6 Å². The van der Waals surface area contributed by atoms with Crippen molar-refractivity contribution in [3.05, 3.63) is 26.6 Å². The van der Waals surface area contributed by atoms with Crippen LogP contribution >= 0.6 is 22.6 Å². The van der Waals surface area contributed by atoms with Crippen LogP contribution in [0.15, 0.2) is 6.07 Å². The fourth-order valence-corrected chi connectivity index (χ4v) is 1.94. The lowest BCUT2D eigenvalue weighted by atomic mass is 10.2. The van der Waals surface area contributed by atoms with Gasteiger partial charge in [0.1, 0.15) is 23.0 Å². The third-order valence-corrected chi connectivity index (χ3v) is 2.65. The van der Waals surface area contributed by atoms with Crippen molar-refractivity contribution in [2.24, 2.45) is 0 Å². The maximum atomic E-state index is 12.7. The number of aromatic nitrogens is 1. The molecule has 0 N–H and O–H groups in total. The average Bonchev–Trinajstić information content (AvgIpc) is 2.27. The second-order valence-corrected chi connectivity index (χ2v) is 4.04. The topological polar surface area (TPSA) is 63.0 Å². The van der Waals surface area contributed by atoms with E-state index in [1.54, 1.807) is 35.6 Å². The zero-order chi connectivity index (χ0) is 13.0. The van der Waals surface area contributed by atoms with Crippen LogP contribution in [0.3, 0.4) is 0 Å². The molecule has 0 bridgehead atoms. The molecule has 7 heteroatoms. The second kappa shape index (κ2) is 5.86. The van der Waals surface area contributed by atoms with Crippen molar-refractivity contribution in [3.8, 4) is 6.07 Å². The summed E-state index contributed by atoms with van der Waals surface area (Å²) in [6, 6.07) is 2.92. The lowest BCUT2D eigenvalue weighted by Gasteiger charge is -2.09. The van der Waals surface area contributed by atoms with Crippen LogP contribution in [-0.4, -0.2) is 17.6 Å². The number of nitriles is 1. The molecule has 1 heterocycles. The molecule has 0 radical (unpaired) electrons. The van der Waals surface area contributed by atoms with Gasteiger partial charge in [-0.2, -0.15) is 5.26 Å². The lowest BCUT2D eigenvalue weighted by Crippen LogP contribution is -2.13. The van der Waals surface area contributed by atoms with Crippen molar-refractivity contribution in [3.63, 3.8) is 0 Å². The van der Waals surface area contributed by atoms with Gasteiger partial charge in [-0.25, -0.2) is 18.6 Å². The number of carbonyl (C=O) groups is 1. The predicted molar refractivity (Wildman–Crippen MR) is 62.6 cm³/mol. The molecule has 0 fully saturated rings. The van der Waals surface area contributed by atoms with E-state index >= 15 is 0 Å². The molecule has 0 saturated heterocycles. The highest BCUT2D eigenvalue weighted by Crippen LogP contribution is 2.26.